The Hall–Kier alpha value is -2.44. The van der Waals surface area contributed by atoms with Crippen LogP contribution in [-0.4, -0.2) is 54.5 Å². The van der Waals surface area contributed by atoms with E-state index in [1.807, 2.05) is 24.3 Å². The molecule has 0 aliphatic carbocycles. The number of morpholine rings is 1. The molecule has 1 aliphatic heterocycles. The van der Waals surface area contributed by atoms with Crippen molar-refractivity contribution in [1.29, 1.82) is 0 Å². The number of aromatic nitrogens is 1. The molecule has 1 aromatic heterocycles. The van der Waals surface area contributed by atoms with Gasteiger partial charge in [0.2, 0.25) is 0 Å². The van der Waals surface area contributed by atoms with E-state index in [2.05, 4.69) is 10.3 Å². The molecule has 0 atom stereocenters. The predicted octanol–water partition coefficient (Wildman–Crippen LogP) is 2.18. The standard InChI is InChI=1S/C19H20ClN3O3/c20-17-3-1-14(2-4-17)5-6-22-18(24)15-11-16(13-21-12-15)19(25)23-7-9-26-10-8-23/h1-4,11-13H,5-10H2,(H,22,24). The second-order valence-corrected chi connectivity index (χ2v) is 6.44. The monoisotopic (exact) mass is 373 g/mol. The van der Waals surface area contributed by atoms with E-state index >= 15 is 0 Å². The van der Waals surface area contributed by atoms with E-state index in [4.69, 9.17) is 16.3 Å². The smallest absolute Gasteiger partial charge is 0.255 e. The second kappa shape index (κ2) is 8.78. The summed E-state index contributed by atoms with van der Waals surface area (Å²) in [6.45, 7) is 2.66. The molecule has 1 aromatic carbocycles. The number of nitrogens with one attached hydrogen (secondary N) is 1. The first-order valence-corrected chi connectivity index (χ1v) is 8.86. The summed E-state index contributed by atoms with van der Waals surface area (Å²) >= 11 is 5.86. The molecule has 2 heterocycles. The van der Waals surface area contributed by atoms with Crippen LogP contribution >= 0.6 is 11.6 Å². The van der Waals surface area contributed by atoms with Crippen molar-refractivity contribution in [1.82, 2.24) is 15.2 Å². The third kappa shape index (κ3) is 4.80. The molecular formula is C19H20ClN3O3. The van der Waals surface area contributed by atoms with Gasteiger partial charge in [0, 0.05) is 37.1 Å². The van der Waals surface area contributed by atoms with Crippen molar-refractivity contribution in [2.45, 2.75) is 6.42 Å². The lowest BCUT2D eigenvalue weighted by Crippen LogP contribution is -2.40. The highest BCUT2D eigenvalue weighted by atomic mass is 35.5. The number of hydrogen-bond acceptors (Lipinski definition) is 4. The topological polar surface area (TPSA) is 71.5 Å². The van der Waals surface area contributed by atoms with Crippen LogP contribution in [0.2, 0.25) is 5.02 Å². The molecule has 7 heteroatoms. The largest absolute Gasteiger partial charge is 0.378 e. The molecule has 2 amide bonds. The van der Waals surface area contributed by atoms with Crippen molar-refractivity contribution in [2.24, 2.45) is 0 Å². The zero-order valence-electron chi connectivity index (χ0n) is 14.3. The van der Waals surface area contributed by atoms with Crippen molar-refractivity contribution >= 4 is 23.4 Å². The van der Waals surface area contributed by atoms with Gasteiger partial charge in [-0.25, -0.2) is 0 Å². The SMILES string of the molecule is O=C(NCCc1ccc(Cl)cc1)c1cncc(C(=O)N2CCOCC2)c1. The van der Waals surface area contributed by atoms with Crippen LogP contribution in [0.4, 0.5) is 0 Å². The minimum absolute atomic E-state index is 0.128. The van der Waals surface area contributed by atoms with Crippen LogP contribution in [0.15, 0.2) is 42.7 Å². The highest BCUT2D eigenvalue weighted by Gasteiger charge is 2.19. The Balaban J connectivity index is 1.57. The summed E-state index contributed by atoms with van der Waals surface area (Å²) in [4.78, 5) is 30.6. The summed E-state index contributed by atoms with van der Waals surface area (Å²) < 4.78 is 5.25. The lowest BCUT2D eigenvalue weighted by molar-refractivity contribution is 0.0302. The molecule has 136 valence electrons. The Morgan fingerprint density at radius 2 is 1.81 bits per heavy atom. The number of ether oxygens (including phenoxy) is 1. The van der Waals surface area contributed by atoms with Gasteiger partial charge in [-0.15, -0.1) is 0 Å². The Morgan fingerprint density at radius 1 is 1.12 bits per heavy atom. The van der Waals surface area contributed by atoms with Crippen LogP contribution in [0.5, 0.6) is 0 Å². The normalized spacial score (nSPS) is 14.1. The van der Waals surface area contributed by atoms with Crippen LogP contribution in [-0.2, 0) is 11.2 Å². The first-order valence-electron chi connectivity index (χ1n) is 8.48. The van der Waals surface area contributed by atoms with Gasteiger partial charge in [0.15, 0.2) is 0 Å². The van der Waals surface area contributed by atoms with Crippen molar-refractivity contribution < 1.29 is 14.3 Å². The summed E-state index contributed by atoms with van der Waals surface area (Å²) in [5.74, 6) is -0.375. The molecule has 0 bridgehead atoms. The number of carbonyl (C=O) groups excluding carboxylic acids is 2. The minimum Gasteiger partial charge on any atom is -0.378 e. The highest BCUT2D eigenvalue weighted by molar-refractivity contribution is 6.30. The van der Waals surface area contributed by atoms with E-state index in [9.17, 15) is 9.59 Å². The summed E-state index contributed by atoms with van der Waals surface area (Å²) in [7, 11) is 0. The minimum atomic E-state index is -0.247. The lowest BCUT2D eigenvalue weighted by atomic mass is 10.1. The van der Waals surface area contributed by atoms with Gasteiger partial charge in [0.1, 0.15) is 0 Å². The van der Waals surface area contributed by atoms with E-state index < -0.39 is 0 Å². The van der Waals surface area contributed by atoms with Gasteiger partial charge >= 0.3 is 0 Å². The number of rotatable bonds is 5. The molecule has 1 aliphatic rings. The zero-order chi connectivity index (χ0) is 18.4. The van der Waals surface area contributed by atoms with Gasteiger partial charge in [-0.05, 0) is 30.2 Å². The van der Waals surface area contributed by atoms with Crippen molar-refractivity contribution in [3.8, 4) is 0 Å². The predicted molar refractivity (Wildman–Crippen MR) is 98.4 cm³/mol. The maximum Gasteiger partial charge on any atom is 0.255 e. The van der Waals surface area contributed by atoms with E-state index in [-0.39, 0.29) is 11.8 Å². The number of benzene rings is 1. The van der Waals surface area contributed by atoms with E-state index in [0.717, 1.165) is 5.56 Å². The van der Waals surface area contributed by atoms with Gasteiger partial charge in [-0.2, -0.15) is 0 Å². The maximum absolute atomic E-state index is 12.5. The summed E-state index contributed by atoms with van der Waals surface area (Å²) in [6.07, 6.45) is 3.65. The molecule has 6 nitrogen and oxygen atoms in total. The summed E-state index contributed by atoms with van der Waals surface area (Å²) in [5, 5.41) is 3.54. The van der Waals surface area contributed by atoms with E-state index in [0.29, 0.717) is 55.4 Å². The molecule has 1 N–H and O–H groups in total. The van der Waals surface area contributed by atoms with Crippen LogP contribution in [0, 0.1) is 0 Å². The lowest BCUT2D eigenvalue weighted by Gasteiger charge is -2.26. The maximum atomic E-state index is 12.5. The van der Waals surface area contributed by atoms with Crippen LogP contribution in [0.3, 0.4) is 0 Å². The Morgan fingerprint density at radius 3 is 2.54 bits per heavy atom. The summed E-state index contributed by atoms with van der Waals surface area (Å²) in [5.41, 5.74) is 1.88. The molecule has 2 aromatic rings. The molecule has 1 fully saturated rings. The van der Waals surface area contributed by atoms with Gasteiger partial charge in [0.05, 0.1) is 24.3 Å². The number of pyridine rings is 1. The number of carbonyl (C=O) groups is 2. The molecule has 0 unspecified atom stereocenters. The molecule has 3 rings (SSSR count). The average molecular weight is 374 g/mol. The molecule has 0 radical (unpaired) electrons. The van der Waals surface area contributed by atoms with Gasteiger partial charge < -0.3 is 15.0 Å². The molecular weight excluding hydrogens is 354 g/mol. The Labute approximate surface area is 157 Å². The number of halogens is 1. The van der Waals surface area contributed by atoms with Crippen LogP contribution in [0.1, 0.15) is 26.3 Å². The Kier molecular flexibility index (Phi) is 6.20. The fraction of sp³-hybridized carbons (Fsp3) is 0.316. The molecule has 0 saturated carbocycles. The first kappa shape index (κ1) is 18.4. The Bertz CT molecular complexity index is 774. The van der Waals surface area contributed by atoms with Crippen molar-refractivity contribution in [3.05, 3.63) is 64.4 Å². The summed E-state index contributed by atoms with van der Waals surface area (Å²) in [6, 6.07) is 9.09. The van der Waals surface area contributed by atoms with Gasteiger partial charge in [0.25, 0.3) is 11.8 Å². The molecule has 1 saturated heterocycles. The van der Waals surface area contributed by atoms with Gasteiger partial charge in [-0.3, -0.25) is 14.6 Å². The first-order chi connectivity index (χ1) is 12.6. The zero-order valence-corrected chi connectivity index (χ0v) is 15.0. The molecule has 0 spiro atoms. The fourth-order valence-electron chi connectivity index (χ4n) is 2.70. The van der Waals surface area contributed by atoms with Crippen LogP contribution in [0.25, 0.3) is 0 Å². The number of amides is 2. The number of nitrogens with zero attached hydrogens (tertiary/aromatic N) is 2. The third-order valence-corrected chi connectivity index (χ3v) is 4.41. The third-order valence-electron chi connectivity index (χ3n) is 4.16. The second-order valence-electron chi connectivity index (χ2n) is 6.00. The van der Waals surface area contributed by atoms with Gasteiger partial charge in [-0.1, -0.05) is 23.7 Å². The quantitative estimate of drug-likeness (QED) is 0.872. The molecule has 26 heavy (non-hydrogen) atoms. The van der Waals surface area contributed by atoms with Crippen LogP contribution < -0.4 is 5.32 Å². The number of hydrogen-bond donors (Lipinski definition) is 1. The van der Waals surface area contributed by atoms with E-state index in [1.165, 1.54) is 12.4 Å². The van der Waals surface area contributed by atoms with Crippen molar-refractivity contribution in [3.63, 3.8) is 0 Å². The highest BCUT2D eigenvalue weighted by Crippen LogP contribution is 2.11. The van der Waals surface area contributed by atoms with E-state index in [1.54, 1.807) is 11.0 Å². The van der Waals surface area contributed by atoms with Crippen molar-refractivity contribution in [2.75, 3.05) is 32.8 Å². The average Bonchev–Trinajstić information content (AvgIpc) is 2.69. The fourth-order valence-corrected chi connectivity index (χ4v) is 2.83.